The van der Waals surface area contributed by atoms with E-state index in [1.807, 2.05) is 42.5 Å². The number of aliphatic hydroxyl groups excluding tert-OH is 1. The molecule has 0 aliphatic carbocycles. The number of likely N-dealkylation sites (tertiary alicyclic amines) is 1. The van der Waals surface area contributed by atoms with Crippen LogP contribution >= 0.6 is 0 Å². The van der Waals surface area contributed by atoms with Crippen LogP contribution < -0.4 is 4.74 Å². The molecule has 1 aromatic heterocycles. The van der Waals surface area contributed by atoms with Crippen LogP contribution in [0.5, 0.6) is 5.75 Å². The van der Waals surface area contributed by atoms with E-state index in [9.17, 15) is 5.11 Å². The third-order valence-electron chi connectivity index (χ3n) is 5.69. The van der Waals surface area contributed by atoms with E-state index in [1.165, 1.54) is 19.3 Å². The molecular formula is C23H32N2O2. The molecule has 1 unspecified atom stereocenters. The molecule has 1 N–H and O–H groups in total. The molecule has 3 rings (SSSR count). The van der Waals surface area contributed by atoms with E-state index < -0.39 is 6.10 Å². The molecule has 1 atom stereocenters. The van der Waals surface area contributed by atoms with E-state index in [0.29, 0.717) is 13.2 Å². The van der Waals surface area contributed by atoms with Gasteiger partial charge in [0.1, 0.15) is 18.5 Å². The number of pyridine rings is 1. The second-order valence-corrected chi connectivity index (χ2v) is 8.79. The SMILES string of the molecule is CC1(C)CCCC(C)(C)N1CC(O)COc1ccc(-c2ccccn2)cc1. The first-order valence-corrected chi connectivity index (χ1v) is 9.88. The van der Waals surface area contributed by atoms with Gasteiger partial charge in [0.2, 0.25) is 0 Å². The van der Waals surface area contributed by atoms with Gasteiger partial charge in [-0.3, -0.25) is 9.88 Å². The molecule has 1 aromatic carbocycles. The Labute approximate surface area is 163 Å². The largest absolute Gasteiger partial charge is 0.491 e. The second-order valence-electron chi connectivity index (χ2n) is 8.79. The third-order valence-corrected chi connectivity index (χ3v) is 5.69. The molecule has 2 heterocycles. The zero-order valence-electron chi connectivity index (χ0n) is 17.0. The van der Waals surface area contributed by atoms with E-state index >= 15 is 0 Å². The molecule has 4 heteroatoms. The molecule has 1 aliphatic rings. The Morgan fingerprint density at radius 1 is 1.04 bits per heavy atom. The molecule has 0 amide bonds. The third kappa shape index (κ3) is 4.88. The summed E-state index contributed by atoms with van der Waals surface area (Å²) < 4.78 is 5.84. The van der Waals surface area contributed by atoms with E-state index in [-0.39, 0.29) is 11.1 Å². The van der Waals surface area contributed by atoms with Crippen molar-refractivity contribution in [3.05, 3.63) is 48.7 Å². The molecule has 0 saturated carbocycles. The zero-order valence-corrected chi connectivity index (χ0v) is 17.0. The zero-order chi connectivity index (χ0) is 19.5. The van der Waals surface area contributed by atoms with Crippen molar-refractivity contribution in [3.63, 3.8) is 0 Å². The van der Waals surface area contributed by atoms with Gasteiger partial charge in [-0.05, 0) is 83.4 Å². The molecule has 27 heavy (non-hydrogen) atoms. The predicted molar refractivity (Wildman–Crippen MR) is 110 cm³/mol. The molecule has 0 radical (unpaired) electrons. The van der Waals surface area contributed by atoms with Gasteiger partial charge in [-0.15, -0.1) is 0 Å². The van der Waals surface area contributed by atoms with Crippen LogP contribution in [-0.2, 0) is 0 Å². The predicted octanol–water partition coefficient (Wildman–Crippen LogP) is 4.53. The van der Waals surface area contributed by atoms with Gasteiger partial charge in [0, 0.05) is 29.4 Å². The number of rotatable bonds is 6. The van der Waals surface area contributed by atoms with Gasteiger partial charge in [0.25, 0.3) is 0 Å². The smallest absolute Gasteiger partial charge is 0.119 e. The molecule has 1 saturated heterocycles. The van der Waals surface area contributed by atoms with Gasteiger partial charge in [-0.2, -0.15) is 0 Å². The first-order chi connectivity index (χ1) is 12.8. The van der Waals surface area contributed by atoms with Gasteiger partial charge >= 0.3 is 0 Å². The number of hydrogen-bond donors (Lipinski definition) is 1. The number of aromatic nitrogens is 1. The van der Waals surface area contributed by atoms with Gasteiger partial charge in [0.05, 0.1) is 5.69 Å². The summed E-state index contributed by atoms with van der Waals surface area (Å²) in [5.41, 5.74) is 2.21. The lowest BCUT2D eigenvalue weighted by Gasteiger charge is -2.53. The average Bonchev–Trinajstić information content (AvgIpc) is 2.64. The van der Waals surface area contributed by atoms with Crippen LogP contribution in [-0.4, -0.2) is 45.3 Å². The van der Waals surface area contributed by atoms with E-state index in [4.69, 9.17) is 4.74 Å². The average molecular weight is 369 g/mol. The van der Waals surface area contributed by atoms with Gasteiger partial charge in [0.15, 0.2) is 0 Å². The summed E-state index contributed by atoms with van der Waals surface area (Å²) in [6.45, 7) is 10.0. The lowest BCUT2D eigenvalue weighted by atomic mass is 9.79. The Morgan fingerprint density at radius 2 is 1.70 bits per heavy atom. The van der Waals surface area contributed by atoms with Crippen molar-refractivity contribution in [2.45, 2.75) is 64.1 Å². The number of aliphatic hydroxyl groups is 1. The van der Waals surface area contributed by atoms with Crippen LogP contribution in [0.4, 0.5) is 0 Å². The summed E-state index contributed by atoms with van der Waals surface area (Å²) in [6.07, 6.45) is 4.85. The highest BCUT2D eigenvalue weighted by Crippen LogP contribution is 2.38. The molecule has 4 nitrogen and oxygen atoms in total. The van der Waals surface area contributed by atoms with Crippen molar-refractivity contribution in [1.82, 2.24) is 9.88 Å². The highest BCUT2D eigenvalue weighted by Gasteiger charge is 2.41. The molecular weight excluding hydrogens is 336 g/mol. The lowest BCUT2D eigenvalue weighted by molar-refractivity contribution is -0.0606. The maximum atomic E-state index is 10.6. The van der Waals surface area contributed by atoms with Crippen LogP contribution in [0.25, 0.3) is 11.3 Å². The fourth-order valence-corrected chi connectivity index (χ4v) is 4.25. The van der Waals surface area contributed by atoms with Crippen LogP contribution in [0.15, 0.2) is 48.7 Å². The summed E-state index contributed by atoms with van der Waals surface area (Å²) in [5, 5.41) is 10.6. The van der Waals surface area contributed by atoms with Crippen LogP contribution in [0.2, 0.25) is 0 Å². The van der Waals surface area contributed by atoms with Crippen molar-refractivity contribution in [1.29, 1.82) is 0 Å². The van der Waals surface area contributed by atoms with E-state index in [0.717, 1.165) is 17.0 Å². The Kier molecular flexibility index (Phi) is 5.87. The highest BCUT2D eigenvalue weighted by atomic mass is 16.5. The fraction of sp³-hybridized carbons (Fsp3) is 0.522. The number of piperidine rings is 1. The second kappa shape index (κ2) is 7.99. The van der Waals surface area contributed by atoms with Crippen molar-refractivity contribution >= 4 is 0 Å². The minimum atomic E-state index is -0.517. The summed E-state index contributed by atoms with van der Waals surface area (Å²) in [7, 11) is 0. The van der Waals surface area contributed by atoms with Crippen molar-refractivity contribution in [2.75, 3.05) is 13.2 Å². The monoisotopic (exact) mass is 368 g/mol. The number of β-amino-alcohol motifs (C(OH)–C–C–N with tert-alkyl or cyclic N) is 1. The van der Waals surface area contributed by atoms with Crippen LogP contribution in [0, 0.1) is 0 Å². The quantitative estimate of drug-likeness (QED) is 0.814. The van der Waals surface area contributed by atoms with E-state index in [1.54, 1.807) is 6.20 Å². The van der Waals surface area contributed by atoms with Gasteiger partial charge in [-0.1, -0.05) is 6.07 Å². The standard InChI is InChI=1S/C23H32N2O2/c1-22(2)13-7-14-23(3,4)25(22)16-19(26)17-27-20-11-9-18(10-12-20)21-8-5-6-15-24-21/h5-6,8-12,15,19,26H,7,13-14,16-17H2,1-4H3. The molecule has 1 aliphatic heterocycles. The highest BCUT2D eigenvalue weighted by molar-refractivity contribution is 5.59. The Hall–Kier alpha value is -1.91. The van der Waals surface area contributed by atoms with E-state index in [2.05, 4.69) is 37.6 Å². The number of ether oxygens (including phenoxy) is 1. The summed E-state index contributed by atoms with van der Waals surface area (Å²) in [5.74, 6) is 0.769. The summed E-state index contributed by atoms with van der Waals surface area (Å²) >= 11 is 0. The van der Waals surface area contributed by atoms with Crippen molar-refractivity contribution in [3.8, 4) is 17.0 Å². The van der Waals surface area contributed by atoms with Crippen LogP contribution in [0.3, 0.4) is 0 Å². The number of hydrogen-bond acceptors (Lipinski definition) is 4. The molecule has 2 aromatic rings. The van der Waals surface area contributed by atoms with Crippen molar-refractivity contribution < 1.29 is 9.84 Å². The Bertz CT molecular complexity index is 710. The lowest BCUT2D eigenvalue weighted by Crippen LogP contribution is -2.60. The molecule has 0 spiro atoms. The fourth-order valence-electron chi connectivity index (χ4n) is 4.25. The molecule has 146 valence electrons. The normalized spacial score (nSPS) is 20.2. The maximum Gasteiger partial charge on any atom is 0.119 e. The van der Waals surface area contributed by atoms with Gasteiger partial charge in [-0.25, -0.2) is 0 Å². The first-order valence-electron chi connectivity index (χ1n) is 9.88. The topological polar surface area (TPSA) is 45.6 Å². The Morgan fingerprint density at radius 3 is 2.30 bits per heavy atom. The Balaban J connectivity index is 1.56. The minimum absolute atomic E-state index is 0.104. The van der Waals surface area contributed by atoms with Gasteiger partial charge < -0.3 is 9.84 Å². The van der Waals surface area contributed by atoms with Crippen LogP contribution in [0.1, 0.15) is 47.0 Å². The van der Waals surface area contributed by atoms with Crippen molar-refractivity contribution in [2.24, 2.45) is 0 Å². The minimum Gasteiger partial charge on any atom is -0.491 e. The number of benzene rings is 1. The maximum absolute atomic E-state index is 10.6. The summed E-state index contributed by atoms with van der Waals surface area (Å²) in [6, 6.07) is 13.8. The first kappa shape index (κ1) is 19.8. The molecule has 0 bridgehead atoms. The molecule has 1 fully saturated rings. The summed E-state index contributed by atoms with van der Waals surface area (Å²) in [4.78, 5) is 6.80. The number of nitrogens with zero attached hydrogens (tertiary/aromatic N) is 2.